The minimum absolute atomic E-state index is 0.0303. The van der Waals surface area contributed by atoms with Crippen LogP contribution in [0.15, 0.2) is 0 Å². The van der Waals surface area contributed by atoms with E-state index in [1.54, 1.807) is 14.1 Å². The Kier molecular flexibility index (Phi) is 5.98. The molecule has 1 aliphatic rings. The summed E-state index contributed by atoms with van der Waals surface area (Å²) >= 11 is 0. The number of hydrogen-bond donors (Lipinski definition) is 1. The zero-order valence-electron chi connectivity index (χ0n) is 12.5. The number of carboxylic acids is 1. The molecule has 2 atom stereocenters. The lowest BCUT2D eigenvalue weighted by Crippen LogP contribution is -2.44. The number of carbonyl (C=O) groups is 3. The molecule has 114 valence electrons. The lowest BCUT2D eigenvalue weighted by molar-refractivity contribution is -0.150. The van der Waals surface area contributed by atoms with Crippen LogP contribution in [0.25, 0.3) is 0 Å². The molecule has 0 unspecified atom stereocenters. The summed E-state index contributed by atoms with van der Waals surface area (Å²) in [5.41, 5.74) is 0. The first kappa shape index (κ1) is 16.5. The Balaban J connectivity index is 2.77. The van der Waals surface area contributed by atoms with Crippen molar-refractivity contribution >= 4 is 17.8 Å². The first-order chi connectivity index (χ1) is 9.38. The van der Waals surface area contributed by atoms with Crippen molar-refractivity contribution in [3.8, 4) is 0 Å². The normalized spacial score (nSPS) is 21.6. The van der Waals surface area contributed by atoms with Crippen molar-refractivity contribution in [3.63, 3.8) is 0 Å². The summed E-state index contributed by atoms with van der Waals surface area (Å²) in [5, 5.41) is 9.17. The van der Waals surface area contributed by atoms with Crippen molar-refractivity contribution in [2.75, 3.05) is 27.2 Å². The molecule has 1 aliphatic carbocycles. The summed E-state index contributed by atoms with van der Waals surface area (Å²) in [4.78, 5) is 38.4. The first-order valence-corrected chi connectivity index (χ1v) is 7.10. The highest BCUT2D eigenvalue weighted by Gasteiger charge is 2.39. The van der Waals surface area contributed by atoms with Crippen LogP contribution in [0.1, 0.15) is 32.6 Å². The van der Waals surface area contributed by atoms with Gasteiger partial charge in [-0.3, -0.25) is 14.4 Å². The van der Waals surface area contributed by atoms with E-state index in [-0.39, 0.29) is 18.4 Å². The molecule has 0 bridgehead atoms. The topological polar surface area (TPSA) is 77.9 Å². The Hall–Kier alpha value is -1.59. The fraction of sp³-hybridized carbons (Fsp3) is 0.786. The van der Waals surface area contributed by atoms with Crippen LogP contribution in [-0.4, -0.2) is 59.9 Å². The molecule has 0 radical (unpaired) electrons. The van der Waals surface area contributed by atoms with Gasteiger partial charge in [0.1, 0.15) is 0 Å². The number of nitrogens with zero attached hydrogens (tertiary/aromatic N) is 2. The SMILES string of the molecule is CCCN(CC(=O)N(C)C)C(=O)[C@@H]1CCC[C@@H]1C(=O)O. The van der Waals surface area contributed by atoms with Crippen LogP contribution in [0.3, 0.4) is 0 Å². The molecule has 1 fully saturated rings. The molecule has 0 saturated heterocycles. The van der Waals surface area contributed by atoms with E-state index in [1.807, 2.05) is 6.92 Å². The van der Waals surface area contributed by atoms with Gasteiger partial charge >= 0.3 is 5.97 Å². The summed E-state index contributed by atoms with van der Waals surface area (Å²) in [7, 11) is 3.29. The van der Waals surface area contributed by atoms with Crippen molar-refractivity contribution in [1.29, 1.82) is 0 Å². The highest BCUT2D eigenvalue weighted by Crippen LogP contribution is 2.33. The summed E-state index contributed by atoms with van der Waals surface area (Å²) in [6.07, 6.45) is 2.66. The third kappa shape index (κ3) is 3.95. The van der Waals surface area contributed by atoms with Gasteiger partial charge in [0.05, 0.1) is 18.4 Å². The smallest absolute Gasteiger partial charge is 0.307 e. The molecule has 2 amide bonds. The average Bonchev–Trinajstić information content (AvgIpc) is 2.86. The van der Waals surface area contributed by atoms with E-state index < -0.39 is 17.8 Å². The van der Waals surface area contributed by atoms with E-state index in [9.17, 15) is 14.4 Å². The molecule has 6 nitrogen and oxygen atoms in total. The molecular formula is C14H24N2O4. The Labute approximate surface area is 119 Å². The van der Waals surface area contributed by atoms with Crippen molar-refractivity contribution in [2.45, 2.75) is 32.6 Å². The second kappa shape index (κ2) is 7.26. The molecule has 0 spiro atoms. The van der Waals surface area contributed by atoms with Crippen molar-refractivity contribution < 1.29 is 19.5 Å². The molecule has 0 heterocycles. The lowest BCUT2D eigenvalue weighted by Gasteiger charge is -2.27. The molecule has 0 aromatic rings. The number of hydrogen-bond acceptors (Lipinski definition) is 3. The van der Waals surface area contributed by atoms with E-state index in [2.05, 4.69) is 0 Å². The van der Waals surface area contributed by atoms with Crippen molar-refractivity contribution in [1.82, 2.24) is 9.80 Å². The number of aliphatic carboxylic acids is 1. The Morgan fingerprint density at radius 1 is 1.15 bits per heavy atom. The summed E-state index contributed by atoms with van der Waals surface area (Å²) in [6.45, 7) is 2.45. The number of carboxylic acid groups (broad SMARTS) is 1. The van der Waals surface area contributed by atoms with Gasteiger partial charge in [0.15, 0.2) is 0 Å². The largest absolute Gasteiger partial charge is 0.481 e. The van der Waals surface area contributed by atoms with Gasteiger partial charge in [0.2, 0.25) is 11.8 Å². The highest BCUT2D eigenvalue weighted by molar-refractivity contribution is 5.88. The average molecular weight is 284 g/mol. The fourth-order valence-electron chi connectivity index (χ4n) is 2.63. The fourth-order valence-corrected chi connectivity index (χ4v) is 2.63. The highest BCUT2D eigenvalue weighted by atomic mass is 16.4. The van der Waals surface area contributed by atoms with Crippen LogP contribution in [-0.2, 0) is 14.4 Å². The Morgan fingerprint density at radius 3 is 2.25 bits per heavy atom. The second-order valence-corrected chi connectivity index (χ2v) is 5.53. The van der Waals surface area contributed by atoms with Crippen molar-refractivity contribution in [3.05, 3.63) is 0 Å². The van der Waals surface area contributed by atoms with E-state index in [0.717, 1.165) is 12.8 Å². The van der Waals surface area contributed by atoms with Crippen LogP contribution >= 0.6 is 0 Å². The number of likely N-dealkylation sites (N-methyl/N-ethyl adjacent to an activating group) is 1. The third-order valence-electron chi connectivity index (χ3n) is 3.78. The number of rotatable bonds is 6. The van der Waals surface area contributed by atoms with Crippen LogP contribution in [0.4, 0.5) is 0 Å². The first-order valence-electron chi connectivity index (χ1n) is 7.10. The van der Waals surface area contributed by atoms with E-state index in [4.69, 9.17) is 5.11 Å². The van der Waals surface area contributed by atoms with Gasteiger partial charge in [-0.15, -0.1) is 0 Å². The van der Waals surface area contributed by atoms with Crippen LogP contribution in [0.5, 0.6) is 0 Å². The van der Waals surface area contributed by atoms with E-state index in [1.165, 1.54) is 9.80 Å². The molecule has 6 heteroatoms. The van der Waals surface area contributed by atoms with Gasteiger partial charge in [-0.25, -0.2) is 0 Å². The van der Waals surface area contributed by atoms with Crippen molar-refractivity contribution in [2.24, 2.45) is 11.8 Å². The Bertz CT molecular complexity index is 381. The molecule has 1 saturated carbocycles. The van der Waals surface area contributed by atoms with E-state index in [0.29, 0.717) is 19.4 Å². The molecule has 20 heavy (non-hydrogen) atoms. The maximum atomic E-state index is 12.5. The van der Waals surface area contributed by atoms with E-state index >= 15 is 0 Å². The predicted octanol–water partition coefficient (Wildman–Crippen LogP) is 0.814. The molecule has 0 aliphatic heterocycles. The minimum atomic E-state index is -0.906. The predicted molar refractivity (Wildman–Crippen MR) is 74.0 cm³/mol. The molecule has 0 aromatic carbocycles. The maximum Gasteiger partial charge on any atom is 0.307 e. The standard InChI is InChI=1S/C14H24N2O4/c1-4-8-16(9-12(17)15(2)3)13(18)10-6-5-7-11(10)14(19)20/h10-11H,4-9H2,1-3H3,(H,19,20)/t10-,11+/m1/s1. The van der Waals surface area contributed by atoms with Gasteiger partial charge in [-0.1, -0.05) is 13.3 Å². The molecule has 1 N–H and O–H groups in total. The monoisotopic (exact) mass is 284 g/mol. The maximum absolute atomic E-state index is 12.5. The van der Waals surface area contributed by atoms with Crippen LogP contribution < -0.4 is 0 Å². The van der Waals surface area contributed by atoms with Gasteiger partial charge in [-0.2, -0.15) is 0 Å². The zero-order chi connectivity index (χ0) is 15.3. The lowest BCUT2D eigenvalue weighted by atomic mass is 9.94. The van der Waals surface area contributed by atoms with Gasteiger partial charge < -0.3 is 14.9 Å². The van der Waals surface area contributed by atoms with Gasteiger partial charge in [0.25, 0.3) is 0 Å². The molecule has 1 rings (SSSR count). The zero-order valence-corrected chi connectivity index (χ0v) is 12.5. The minimum Gasteiger partial charge on any atom is -0.481 e. The second-order valence-electron chi connectivity index (χ2n) is 5.53. The summed E-state index contributed by atoms with van der Waals surface area (Å²) < 4.78 is 0. The summed E-state index contributed by atoms with van der Waals surface area (Å²) in [5.74, 6) is -2.31. The summed E-state index contributed by atoms with van der Waals surface area (Å²) in [6, 6.07) is 0. The number of carbonyl (C=O) groups excluding carboxylic acids is 2. The molecular weight excluding hydrogens is 260 g/mol. The number of amides is 2. The van der Waals surface area contributed by atoms with Gasteiger partial charge in [0, 0.05) is 20.6 Å². The molecule has 0 aromatic heterocycles. The Morgan fingerprint density at radius 2 is 1.75 bits per heavy atom. The van der Waals surface area contributed by atoms with Crippen LogP contribution in [0.2, 0.25) is 0 Å². The third-order valence-corrected chi connectivity index (χ3v) is 3.78. The quantitative estimate of drug-likeness (QED) is 0.783. The van der Waals surface area contributed by atoms with Gasteiger partial charge in [-0.05, 0) is 19.3 Å². The van der Waals surface area contributed by atoms with Crippen LogP contribution in [0, 0.1) is 11.8 Å².